The van der Waals surface area contributed by atoms with Gasteiger partial charge in [-0.15, -0.1) is 10.2 Å². The van der Waals surface area contributed by atoms with E-state index >= 15 is 0 Å². The number of piperidine rings is 1. The lowest BCUT2D eigenvalue weighted by molar-refractivity contribution is 0.176. The molecule has 2 saturated heterocycles. The molecule has 2 aliphatic heterocycles. The zero-order valence-electron chi connectivity index (χ0n) is 18.3. The fraction of sp³-hybridized carbons (Fsp3) is 0.455. The molecule has 2 aliphatic rings. The number of phenols is 1. The van der Waals surface area contributed by atoms with Crippen LogP contribution in [0.15, 0.2) is 40.1 Å². The maximum Gasteiger partial charge on any atom is 0.214 e. The number of hydrogen-bond acceptors (Lipinski definition) is 9. The molecule has 170 valence electrons. The van der Waals surface area contributed by atoms with E-state index in [1.165, 1.54) is 18.4 Å². The first kappa shape index (κ1) is 22.3. The van der Waals surface area contributed by atoms with Gasteiger partial charge in [0.2, 0.25) is 11.0 Å². The Balaban J connectivity index is 1.55. The van der Waals surface area contributed by atoms with Gasteiger partial charge in [0.05, 0.1) is 24.4 Å². The van der Waals surface area contributed by atoms with Gasteiger partial charge in [-0.3, -0.25) is 4.99 Å². The van der Waals surface area contributed by atoms with Gasteiger partial charge < -0.3 is 20.1 Å². The van der Waals surface area contributed by atoms with Gasteiger partial charge in [-0.1, -0.05) is 17.4 Å². The Morgan fingerprint density at radius 1 is 1.41 bits per heavy atom. The van der Waals surface area contributed by atoms with E-state index in [2.05, 4.69) is 32.2 Å². The number of alkyl halides is 1. The number of halogens is 1. The highest BCUT2D eigenvalue weighted by molar-refractivity contribution is 7.18. The Bertz CT molecular complexity index is 1050. The Labute approximate surface area is 190 Å². The number of benzene rings is 1. The molecular formula is C22H27FN6O2S. The predicted molar refractivity (Wildman–Crippen MR) is 126 cm³/mol. The summed E-state index contributed by atoms with van der Waals surface area (Å²) in [6.07, 6.45) is 3.34. The summed E-state index contributed by atoms with van der Waals surface area (Å²) in [6.45, 7) is 3.46. The maximum atomic E-state index is 14.9. The number of phenolic OH excluding ortho intramolecular Hbond substituents is 1. The molecule has 4 rings (SSSR count). The first-order chi connectivity index (χ1) is 15.4. The minimum Gasteiger partial charge on any atom is -0.507 e. The minimum absolute atomic E-state index is 0.0520. The first-order valence-corrected chi connectivity index (χ1v) is 11.3. The van der Waals surface area contributed by atoms with Crippen LogP contribution in [-0.4, -0.2) is 73.2 Å². The van der Waals surface area contributed by atoms with E-state index < -0.39 is 6.17 Å². The lowest BCUT2D eigenvalue weighted by Crippen LogP contribution is -2.55. The van der Waals surface area contributed by atoms with Crippen LogP contribution >= 0.6 is 11.3 Å². The summed E-state index contributed by atoms with van der Waals surface area (Å²) < 4.78 is 20.1. The van der Waals surface area contributed by atoms with Crippen LogP contribution in [0, 0.1) is 0 Å². The molecule has 0 radical (unpaired) electrons. The Morgan fingerprint density at radius 2 is 2.22 bits per heavy atom. The van der Waals surface area contributed by atoms with Crippen molar-refractivity contribution in [3.05, 3.63) is 35.7 Å². The van der Waals surface area contributed by atoms with Crippen LogP contribution in [0.3, 0.4) is 0 Å². The molecule has 0 aliphatic carbocycles. The fourth-order valence-corrected chi connectivity index (χ4v) is 5.29. The fourth-order valence-electron chi connectivity index (χ4n) is 4.39. The number of allylic oxidation sites excluding steroid dienone is 1. The summed E-state index contributed by atoms with van der Waals surface area (Å²) >= 11 is 1.34. The minimum atomic E-state index is -0.944. The van der Waals surface area contributed by atoms with Crippen molar-refractivity contribution in [2.75, 3.05) is 26.1 Å². The monoisotopic (exact) mass is 458 g/mol. The number of hydrogen-bond donors (Lipinski definition) is 2. The molecule has 0 spiro atoms. The van der Waals surface area contributed by atoms with Gasteiger partial charge >= 0.3 is 0 Å². The van der Waals surface area contributed by atoms with Crippen LogP contribution in [0.1, 0.15) is 24.8 Å². The molecule has 8 nitrogen and oxygen atoms in total. The highest BCUT2D eigenvalue weighted by Crippen LogP contribution is 2.38. The van der Waals surface area contributed by atoms with Crippen molar-refractivity contribution < 1.29 is 14.2 Å². The normalized spacial score (nSPS) is 25.6. The van der Waals surface area contributed by atoms with Gasteiger partial charge in [0, 0.05) is 37.8 Å². The number of aliphatic imine (C=N–C) groups is 2. The molecular weight excluding hydrogens is 431 g/mol. The lowest BCUT2D eigenvalue weighted by Gasteiger charge is -2.38. The lowest BCUT2D eigenvalue weighted by atomic mass is 9.97. The van der Waals surface area contributed by atoms with Crippen LogP contribution in [0.2, 0.25) is 0 Å². The molecule has 0 amide bonds. The van der Waals surface area contributed by atoms with Crippen molar-refractivity contribution >= 4 is 28.9 Å². The van der Waals surface area contributed by atoms with E-state index in [-0.39, 0.29) is 17.8 Å². The number of aromatic nitrogens is 2. The molecule has 3 heterocycles. The molecule has 2 N–H and O–H groups in total. The molecule has 2 aromatic rings. The van der Waals surface area contributed by atoms with E-state index in [0.717, 1.165) is 19.3 Å². The van der Waals surface area contributed by atoms with E-state index in [1.54, 1.807) is 25.3 Å². The summed E-state index contributed by atoms with van der Waals surface area (Å²) in [5, 5.41) is 23.8. The quantitative estimate of drug-likeness (QED) is 0.489. The van der Waals surface area contributed by atoms with E-state index in [4.69, 9.17) is 4.74 Å². The molecule has 32 heavy (non-hydrogen) atoms. The highest BCUT2D eigenvalue weighted by Gasteiger charge is 2.44. The number of nitrogens with one attached hydrogen (secondary N) is 1. The summed E-state index contributed by atoms with van der Waals surface area (Å²) in [4.78, 5) is 9.90. The SMILES string of the molecule is C=N/C(=C\C(=NC)c1ccc(-c2nnc(N(C)[C@H]3CC4CCC(N4)[C@H]3F)s2)c(O)c1)OC. The zero-order valence-corrected chi connectivity index (χ0v) is 19.1. The van der Waals surface area contributed by atoms with Crippen LogP contribution < -0.4 is 10.2 Å². The second-order valence-corrected chi connectivity index (χ2v) is 8.94. The van der Waals surface area contributed by atoms with Crippen molar-refractivity contribution in [2.45, 2.75) is 43.6 Å². The average Bonchev–Trinajstić information content (AvgIpc) is 3.45. The van der Waals surface area contributed by atoms with Gasteiger partial charge in [0.15, 0.2) is 5.01 Å². The molecule has 0 saturated carbocycles. The highest BCUT2D eigenvalue weighted by atomic mass is 32.1. The van der Waals surface area contributed by atoms with Crippen molar-refractivity contribution in [3.8, 4) is 16.3 Å². The van der Waals surface area contributed by atoms with Crippen molar-refractivity contribution in [1.29, 1.82) is 0 Å². The number of methoxy groups -OCH3 is 1. The predicted octanol–water partition coefficient (Wildman–Crippen LogP) is 3.19. The zero-order chi connectivity index (χ0) is 22.8. The number of aromatic hydroxyl groups is 1. The van der Waals surface area contributed by atoms with Crippen molar-refractivity contribution in [1.82, 2.24) is 15.5 Å². The first-order valence-electron chi connectivity index (χ1n) is 10.4. The molecule has 2 bridgehead atoms. The summed E-state index contributed by atoms with van der Waals surface area (Å²) in [7, 11) is 5.01. The third-order valence-electron chi connectivity index (χ3n) is 6.16. The number of fused-ring (bicyclic) bond motifs is 2. The van der Waals surface area contributed by atoms with Gasteiger partial charge in [0.25, 0.3) is 0 Å². The van der Waals surface area contributed by atoms with Crippen LogP contribution in [-0.2, 0) is 4.74 Å². The number of anilines is 1. The molecule has 1 aromatic carbocycles. The largest absolute Gasteiger partial charge is 0.507 e. The number of nitrogens with zero attached hydrogens (tertiary/aromatic N) is 5. The standard InChI is InChI=1S/C22H27FN6O2S/c1-24-16(11-19(25-2)31-4)12-5-7-14(18(30)9-12)21-27-28-22(32-21)29(3)17-10-13-6-8-15(26-13)20(17)23/h5,7,9,11,13,15,17,20,26,30H,2,6,8,10H2,1,3-4H3/b19-11+,24-16?/t13?,15?,17-,20+/m0/s1. The van der Waals surface area contributed by atoms with E-state index in [0.29, 0.717) is 38.9 Å². The van der Waals surface area contributed by atoms with E-state index in [1.807, 2.05) is 18.0 Å². The molecule has 10 heteroatoms. The molecule has 1 aromatic heterocycles. The smallest absolute Gasteiger partial charge is 0.214 e. The van der Waals surface area contributed by atoms with Gasteiger partial charge in [-0.25, -0.2) is 9.38 Å². The third kappa shape index (κ3) is 4.24. The van der Waals surface area contributed by atoms with Gasteiger partial charge in [0.1, 0.15) is 11.9 Å². The Hall–Kier alpha value is -2.85. The van der Waals surface area contributed by atoms with Gasteiger partial charge in [-0.2, -0.15) is 0 Å². The van der Waals surface area contributed by atoms with Crippen molar-refractivity contribution in [3.63, 3.8) is 0 Å². The Kier molecular flexibility index (Phi) is 6.52. The molecule has 4 atom stereocenters. The molecule has 2 fully saturated rings. The van der Waals surface area contributed by atoms with Crippen molar-refractivity contribution in [2.24, 2.45) is 9.98 Å². The second kappa shape index (κ2) is 9.33. The maximum absolute atomic E-state index is 14.9. The Morgan fingerprint density at radius 3 is 2.91 bits per heavy atom. The number of ether oxygens (including phenoxy) is 1. The summed E-state index contributed by atoms with van der Waals surface area (Å²) in [5.74, 6) is 0.375. The van der Waals surface area contributed by atoms with Crippen LogP contribution in [0.4, 0.5) is 9.52 Å². The van der Waals surface area contributed by atoms with Crippen LogP contribution in [0.25, 0.3) is 10.6 Å². The second-order valence-electron chi connectivity index (χ2n) is 7.98. The van der Waals surface area contributed by atoms with E-state index in [9.17, 15) is 9.50 Å². The third-order valence-corrected chi connectivity index (χ3v) is 7.20. The summed E-state index contributed by atoms with van der Waals surface area (Å²) in [6, 6.07) is 5.26. The number of rotatable bonds is 7. The van der Waals surface area contributed by atoms with Crippen LogP contribution in [0.5, 0.6) is 5.75 Å². The summed E-state index contributed by atoms with van der Waals surface area (Å²) in [5.41, 5.74) is 1.84. The average molecular weight is 459 g/mol. The van der Waals surface area contributed by atoms with Gasteiger partial charge in [-0.05, 0) is 38.1 Å². The topological polar surface area (TPSA) is 95.2 Å². The molecule has 2 unspecified atom stereocenters.